The summed E-state index contributed by atoms with van der Waals surface area (Å²) in [6, 6.07) is 17.3. The number of benzene rings is 3. The maximum atomic E-state index is 13.4. The quantitative estimate of drug-likeness (QED) is 0.164. The summed E-state index contributed by atoms with van der Waals surface area (Å²) in [5.74, 6) is -0.0243. The summed E-state index contributed by atoms with van der Waals surface area (Å²) in [6.45, 7) is 3.85. The number of esters is 1. The Kier molecular flexibility index (Phi) is 10.2. The maximum absolute atomic E-state index is 13.4. The van der Waals surface area contributed by atoms with Gasteiger partial charge in [0.15, 0.2) is 0 Å². The third-order valence-electron chi connectivity index (χ3n) is 7.05. The smallest absolute Gasteiger partial charge is 0.315 e. The lowest BCUT2D eigenvalue weighted by atomic mass is 9.97. The lowest BCUT2D eigenvalue weighted by Gasteiger charge is -2.26. The number of nitrogens with one attached hydrogen (secondary N) is 2. The first-order valence-electron chi connectivity index (χ1n) is 12.8. The topological polar surface area (TPSA) is 118 Å². The van der Waals surface area contributed by atoms with Crippen molar-refractivity contribution >= 4 is 59.0 Å². The van der Waals surface area contributed by atoms with E-state index in [0.29, 0.717) is 12.0 Å². The molecule has 0 saturated carbocycles. The lowest BCUT2D eigenvalue weighted by Crippen LogP contribution is -2.34. The van der Waals surface area contributed by atoms with E-state index in [1.807, 2.05) is 54.6 Å². The number of nitrogens with zero attached hydrogens (tertiary/aromatic N) is 1. The number of carbonyl (C=O) groups is 2. The Morgan fingerprint density at radius 3 is 2.49 bits per heavy atom. The number of ether oxygens (including phenoxy) is 2. The van der Waals surface area contributed by atoms with Gasteiger partial charge in [-0.15, -0.1) is 24.8 Å². The number of nitrogen functional groups attached to an aromatic ring is 1. The average Bonchev–Trinajstić information content (AvgIpc) is 3.27. The van der Waals surface area contributed by atoms with Crippen molar-refractivity contribution < 1.29 is 19.1 Å². The molecule has 1 amide bonds. The minimum Gasteiger partial charge on any atom is -0.490 e. The molecule has 0 bridgehead atoms. The van der Waals surface area contributed by atoms with Gasteiger partial charge >= 0.3 is 5.97 Å². The van der Waals surface area contributed by atoms with Crippen molar-refractivity contribution in [2.24, 2.45) is 5.73 Å². The van der Waals surface area contributed by atoms with Crippen molar-refractivity contribution in [1.29, 1.82) is 5.41 Å². The first-order chi connectivity index (χ1) is 17.9. The van der Waals surface area contributed by atoms with Crippen LogP contribution in [0.15, 0.2) is 54.6 Å². The van der Waals surface area contributed by atoms with Crippen molar-refractivity contribution in [3.05, 3.63) is 71.3 Å². The van der Waals surface area contributed by atoms with Crippen LogP contribution in [0, 0.1) is 5.41 Å². The number of rotatable bonds is 7. The molecule has 0 radical (unpaired) electrons. The molecule has 0 aliphatic carbocycles. The van der Waals surface area contributed by atoms with Gasteiger partial charge in [0.2, 0.25) is 5.91 Å². The molecule has 1 atom stereocenters. The summed E-state index contributed by atoms with van der Waals surface area (Å²) in [5.41, 5.74) is 9.09. The number of hydrogen-bond acceptors (Lipinski definition) is 6. The molecule has 2 aliphatic heterocycles. The molecule has 1 unspecified atom stereocenters. The number of amides is 1. The van der Waals surface area contributed by atoms with Gasteiger partial charge in [-0.3, -0.25) is 15.0 Å². The van der Waals surface area contributed by atoms with E-state index in [9.17, 15) is 9.59 Å². The SMILES string of the molecule is CCOC(=O)CC(=O)N1c2ccc(OC3CCNCC3)cc2CC1c1ccc2ccc(C(=N)N)cc2c1.Cl.Cl. The van der Waals surface area contributed by atoms with Crippen LogP contribution in [0.25, 0.3) is 10.8 Å². The van der Waals surface area contributed by atoms with Crippen molar-refractivity contribution in [3.8, 4) is 5.75 Å². The number of halogens is 2. The van der Waals surface area contributed by atoms with E-state index in [1.54, 1.807) is 11.8 Å². The molecule has 2 heterocycles. The van der Waals surface area contributed by atoms with Gasteiger partial charge in [0.1, 0.15) is 24.1 Å². The summed E-state index contributed by atoms with van der Waals surface area (Å²) < 4.78 is 11.3. The number of amidine groups is 1. The Hall–Kier alpha value is -3.33. The third-order valence-corrected chi connectivity index (χ3v) is 7.05. The predicted molar refractivity (Wildman–Crippen MR) is 158 cm³/mol. The highest BCUT2D eigenvalue weighted by molar-refractivity contribution is 6.05. The highest BCUT2D eigenvalue weighted by Gasteiger charge is 2.36. The van der Waals surface area contributed by atoms with Gasteiger partial charge in [0, 0.05) is 11.3 Å². The van der Waals surface area contributed by atoms with Gasteiger partial charge in [-0.2, -0.15) is 0 Å². The van der Waals surface area contributed by atoms with E-state index in [1.165, 1.54) is 0 Å². The van der Waals surface area contributed by atoms with Crippen LogP contribution < -0.4 is 20.7 Å². The predicted octanol–water partition coefficient (Wildman–Crippen LogP) is 4.68. The van der Waals surface area contributed by atoms with Crippen LogP contribution in [-0.4, -0.2) is 43.5 Å². The van der Waals surface area contributed by atoms with Gasteiger partial charge < -0.3 is 25.4 Å². The molecule has 208 valence electrons. The Bertz CT molecular complexity index is 1360. The second kappa shape index (κ2) is 13.2. The van der Waals surface area contributed by atoms with Gasteiger partial charge in [-0.05, 0) is 91.5 Å². The number of nitrogens with two attached hydrogens (primary N) is 1. The zero-order valence-corrected chi connectivity index (χ0v) is 23.4. The van der Waals surface area contributed by atoms with Crippen LogP contribution in [0.2, 0.25) is 0 Å². The zero-order chi connectivity index (χ0) is 25.9. The summed E-state index contributed by atoms with van der Waals surface area (Å²) >= 11 is 0. The molecule has 8 nitrogen and oxygen atoms in total. The fourth-order valence-corrected chi connectivity index (χ4v) is 5.24. The van der Waals surface area contributed by atoms with E-state index >= 15 is 0 Å². The van der Waals surface area contributed by atoms with E-state index in [-0.39, 0.29) is 61.7 Å². The Labute approximate surface area is 240 Å². The van der Waals surface area contributed by atoms with E-state index in [4.69, 9.17) is 20.6 Å². The van der Waals surface area contributed by atoms with Crippen LogP contribution in [0.3, 0.4) is 0 Å². The first kappa shape index (κ1) is 30.2. The van der Waals surface area contributed by atoms with Gasteiger partial charge in [0.25, 0.3) is 0 Å². The van der Waals surface area contributed by atoms with Crippen molar-refractivity contribution in [2.45, 2.75) is 44.8 Å². The van der Waals surface area contributed by atoms with Gasteiger partial charge in [-0.1, -0.05) is 24.3 Å². The molecule has 0 spiro atoms. The molecule has 39 heavy (non-hydrogen) atoms. The van der Waals surface area contributed by atoms with Crippen molar-refractivity contribution in [2.75, 3.05) is 24.6 Å². The standard InChI is InChI=1S/C29H32N4O4.2ClH/c1-2-36-28(35)17-27(34)33-25-8-7-24(37-23-9-11-32-12-10-23)15-22(25)16-26(33)19-5-3-18-4-6-20(29(30)31)14-21(18)13-19;;/h3-8,13-15,23,26,32H,2,9-12,16-17H2,1H3,(H3,30,31);2*1H. The molecule has 10 heteroatoms. The molecular weight excluding hydrogens is 539 g/mol. The monoisotopic (exact) mass is 572 g/mol. The molecule has 1 saturated heterocycles. The number of hydrogen-bond donors (Lipinski definition) is 3. The second-order valence-electron chi connectivity index (χ2n) is 9.56. The van der Waals surface area contributed by atoms with Crippen LogP contribution >= 0.6 is 24.8 Å². The average molecular weight is 574 g/mol. The molecule has 3 aromatic carbocycles. The van der Waals surface area contributed by atoms with Gasteiger partial charge in [-0.25, -0.2) is 0 Å². The molecule has 3 aromatic rings. The normalized spacial score (nSPS) is 16.5. The minimum absolute atomic E-state index is 0. The van der Waals surface area contributed by atoms with Crippen LogP contribution in [0.5, 0.6) is 5.75 Å². The van der Waals surface area contributed by atoms with E-state index in [2.05, 4.69) is 5.32 Å². The highest BCUT2D eigenvalue weighted by Crippen LogP contribution is 2.43. The zero-order valence-electron chi connectivity index (χ0n) is 21.8. The summed E-state index contributed by atoms with van der Waals surface area (Å²) in [4.78, 5) is 27.3. The lowest BCUT2D eigenvalue weighted by molar-refractivity contribution is -0.145. The fraction of sp³-hybridized carbons (Fsp3) is 0.345. The number of anilines is 1. The third kappa shape index (κ3) is 6.64. The maximum Gasteiger partial charge on any atom is 0.315 e. The molecule has 5 rings (SSSR count). The Morgan fingerprint density at radius 1 is 1.03 bits per heavy atom. The van der Waals surface area contributed by atoms with E-state index in [0.717, 1.165) is 59.3 Å². The van der Waals surface area contributed by atoms with E-state index < -0.39 is 5.97 Å². The highest BCUT2D eigenvalue weighted by atomic mass is 35.5. The molecule has 2 aliphatic rings. The Balaban J connectivity index is 0.00000210. The van der Waals surface area contributed by atoms with Crippen LogP contribution in [-0.2, 0) is 20.7 Å². The largest absolute Gasteiger partial charge is 0.490 e. The number of carbonyl (C=O) groups excluding carboxylic acids is 2. The second-order valence-corrected chi connectivity index (χ2v) is 9.56. The molecule has 0 aromatic heterocycles. The van der Waals surface area contributed by atoms with Crippen molar-refractivity contribution in [1.82, 2.24) is 5.32 Å². The van der Waals surface area contributed by atoms with Crippen LogP contribution in [0.1, 0.15) is 48.9 Å². The van der Waals surface area contributed by atoms with Crippen molar-refractivity contribution in [3.63, 3.8) is 0 Å². The summed E-state index contributed by atoms with van der Waals surface area (Å²) in [6.07, 6.45) is 2.38. The van der Waals surface area contributed by atoms with Gasteiger partial charge in [0.05, 0.1) is 12.6 Å². The molecule has 4 N–H and O–H groups in total. The summed E-state index contributed by atoms with van der Waals surface area (Å²) in [5, 5.41) is 13.1. The Morgan fingerprint density at radius 2 is 1.77 bits per heavy atom. The number of piperidine rings is 1. The van der Waals surface area contributed by atoms with Crippen LogP contribution in [0.4, 0.5) is 5.69 Å². The minimum atomic E-state index is -0.532. The molecule has 1 fully saturated rings. The molecular formula is C29H34Cl2N4O4. The number of fused-ring (bicyclic) bond motifs is 2. The first-order valence-corrected chi connectivity index (χ1v) is 12.8. The fourth-order valence-electron chi connectivity index (χ4n) is 5.24. The summed E-state index contributed by atoms with van der Waals surface area (Å²) in [7, 11) is 0.